The van der Waals surface area contributed by atoms with Crippen LogP contribution in [0.3, 0.4) is 0 Å². The molecule has 0 spiro atoms. The Bertz CT molecular complexity index is 8330. The summed E-state index contributed by atoms with van der Waals surface area (Å²) in [6.45, 7) is 20.1. The summed E-state index contributed by atoms with van der Waals surface area (Å²) in [5.74, 6) is 2.56. The summed E-state index contributed by atoms with van der Waals surface area (Å²) >= 11 is 0. The van der Waals surface area contributed by atoms with Crippen molar-refractivity contribution in [2.45, 2.75) is 170 Å². The van der Waals surface area contributed by atoms with E-state index in [0.717, 1.165) is 94.9 Å². The van der Waals surface area contributed by atoms with Gasteiger partial charge in [0.2, 0.25) is 0 Å². The second-order valence-electron chi connectivity index (χ2n) is 34.4. The van der Waals surface area contributed by atoms with Crippen LogP contribution in [-0.2, 0) is 105 Å². The van der Waals surface area contributed by atoms with E-state index in [-0.39, 0.29) is 49.0 Å². The average molecular weight is 2070 g/mol. The minimum atomic E-state index is -4.20. The van der Waals surface area contributed by atoms with Crippen LogP contribution in [0.2, 0.25) is 0 Å². The van der Waals surface area contributed by atoms with Crippen LogP contribution in [-0.4, -0.2) is 133 Å². The second kappa shape index (κ2) is 43.4. The number of aliphatic hydroxyl groups excluding tert-OH is 1. The summed E-state index contributed by atoms with van der Waals surface area (Å²) in [4.78, 5) is 0.0288. The van der Waals surface area contributed by atoms with E-state index in [0.29, 0.717) is 97.6 Å². The van der Waals surface area contributed by atoms with Crippen LogP contribution in [0.15, 0.2) is 317 Å². The Balaban J connectivity index is 0.000000135. The van der Waals surface area contributed by atoms with Crippen LogP contribution in [0, 0.1) is 26.7 Å². The van der Waals surface area contributed by atoms with Crippen molar-refractivity contribution >= 4 is 154 Å². The van der Waals surface area contributed by atoms with Gasteiger partial charge in [-0.3, -0.25) is 26.0 Å². The Labute approximate surface area is 830 Å². The number of nitrogens with zero attached hydrogens (tertiary/aromatic N) is 6. The number of hydrogen-bond acceptors (Lipinski definition) is 31. The molecule has 0 fully saturated rings. The molecule has 5 aliphatic rings. The number of fused-ring (bicyclic) bond motifs is 15. The first kappa shape index (κ1) is 103. The van der Waals surface area contributed by atoms with E-state index < -0.39 is 108 Å². The third-order valence-electron chi connectivity index (χ3n) is 23.6. The third kappa shape index (κ3) is 23.7. The van der Waals surface area contributed by atoms with Crippen LogP contribution in [0.5, 0.6) is 28.7 Å². The van der Waals surface area contributed by atoms with Crippen molar-refractivity contribution in [2.24, 2.45) is 36.1 Å². The minimum absolute atomic E-state index is 0.0120. The minimum Gasteiger partial charge on any atom is -0.484 e. The monoisotopic (exact) mass is 2070 g/mol. The lowest BCUT2D eigenvalue weighted by Crippen LogP contribution is -2.28. The first-order chi connectivity index (χ1) is 68.2. The maximum Gasteiger partial charge on any atom is 0.358 e. The molecule has 0 bridgehead atoms. The van der Waals surface area contributed by atoms with Gasteiger partial charge in [0, 0.05) is 0 Å². The Morgan fingerprint density at radius 2 is 0.748 bits per heavy atom. The zero-order valence-electron chi connectivity index (χ0n) is 79.1. The number of oxime groups is 5. The van der Waals surface area contributed by atoms with Gasteiger partial charge in [0.25, 0.3) is 10.1 Å². The fourth-order valence-electron chi connectivity index (χ4n) is 16.6. The molecule has 14 aromatic carbocycles. The van der Waals surface area contributed by atoms with Gasteiger partial charge in [-0.05, 0) is 216 Å². The number of aryl methyl sites for hydroxylation is 3. The highest BCUT2D eigenvalue weighted by Gasteiger charge is 2.40. The van der Waals surface area contributed by atoms with Crippen molar-refractivity contribution < 1.29 is 114 Å². The van der Waals surface area contributed by atoms with Gasteiger partial charge >= 0.3 is 61.1 Å². The smallest absolute Gasteiger partial charge is 0.358 e. The standard InChI is InChI=1S/C22H21NO5S.C22H21NO4S.C21H19NO7S2.C21H19NO4S.C18H20N2O6S2/c1-14(2)22-21(20-17-9-5-3-7-15(17)11-12-18(20)27-22)23-28-29(25,26)19-10-6-4-8-16(19)13-24;1-3-6-20-22(23-27-28(24,25)17-12-9-15(2)10-13-17)21-18-8-5-4-7-16(18)11-14-19(21)26-20;1-13-3-7-17(8-4-13)31(26,27)29-22-21-14(2)28-19-10-6-16-11-15(12-30(23,24)25)5-9-18(16)20(19)21;1-3-18-21(22-26-27(23,24)16-11-8-14(2)9-12-16)20-17-7-5-4-6-15(17)10-13-19(20)25-18;1-4-9-28(23,24)26-19-18-12(3)25-16-8-6-14-10-13(11(2)20-27(21)22)5-7-15(14)17(16)18/h3-12,14,22,24H,13H2,1-2H3;4-5,7-14,20H,3,6H2,1-2H3;3-11,14H,12H2,1-2H3,(H,23,24,25);4-13,18H,3H2,1-2H3;5-8,10-12H,4,9H2,1-3H3/b23-21-;23-22+;2*22-21+;19-18+. The summed E-state index contributed by atoms with van der Waals surface area (Å²) in [7, 11) is -26.7. The molecule has 5 aliphatic heterocycles. The van der Waals surface area contributed by atoms with Crippen LogP contribution in [0.25, 0.3) is 53.9 Å². The van der Waals surface area contributed by atoms with E-state index in [9.17, 15) is 64.0 Å². The molecule has 14 aromatic rings. The van der Waals surface area contributed by atoms with Gasteiger partial charge in [-0.2, -0.15) is 63.3 Å². The van der Waals surface area contributed by atoms with Crippen molar-refractivity contribution in [1.82, 2.24) is 0 Å². The molecule has 0 aliphatic carbocycles. The highest BCUT2D eigenvalue weighted by atomic mass is 32.2. The lowest BCUT2D eigenvalue weighted by molar-refractivity contribution is 0.224. The van der Waals surface area contributed by atoms with Crippen LogP contribution < -0.4 is 23.7 Å². The highest BCUT2D eigenvalue weighted by Crippen LogP contribution is 2.44. The van der Waals surface area contributed by atoms with E-state index >= 15 is 0 Å². The molecular weight excluding hydrogens is 1970 g/mol. The maximum absolute atomic E-state index is 12.7. The fraction of sp³-hybridized carbons (Fsp3) is 0.240. The van der Waals surface area contributed by atoms with Gasteiger partial charge < -0.3 is 28.8 Å². The molecular formula is C104H100N6O26S7. The molecule has 744 valence electrons. The highest BCUT2D eigenvalue weighted by molar-refractivity contribution is 7.88. The SMILES string of the molecule is CC(C)C1Oc2ccc3ccccc3c2/C1=N/OS(=O)(=O)c1ccccc1CO.CCC1Oc2ccc3ccccc3c2/C1=N/OS(=O)(=O)c1ccc(C)cc1.CCCC1Oc2ccc3ccccc3c2/C1=N/OS(=O)(=O)c1ccc(C)cc1.CCCS(=O)(=O)O/N=C1/c2c(ccc3cc(C(C)N=S(=O)=O)ccc23)OC1C.Cc1ccc(S(=O)(=O)O/N=C2/c3c(ccc4cc(CS(=O)(=O)O)ccc34)OC2C)cc1. The van der Waals surface area contributed by atoms with Crippen molar-refractivity contribution in [1.29, 1.82) is 0 Å². The predicted octanol–water partition coefficient (Wildman–Crippen LogP) is 19.7. The zero-order chi connectivity index (χ0) is 102. The molecule has 0 amide bonds. The number of ether oxygens (including phenoxy) is 5. The molecule has 5 heterocycles. The van der Waals surface area contributed by atoms with Gasteiger partial charge in [-0.1, -0.05) is 272 Å². The topological polar surface area (TPSA) is 446 Å². The Morgan fingerprint density at radius 1 is 0.378 bits per heavy atom. The Hall–Kier alpha value is -14.0. The summed E-state index contributed by atoms with van der Waals surface area (Å²) in [5.41, 5.74) is 9.99. The maximum atomic E-state index is 12.7. The average Bonchev–Trinajstić information content (AvgIpc) is 1.61. The van der Waals surface area contributed by atoms with Gasteiger partial charge in [0.15, 0.2) is 0 Å². The first-order valence-electron chi connectivity index (χ1n) is 45.4. The number of hydrogen-bond donors (Lipinski definition) is 2. The molecule has 0 radical (unpaired) electrons. The lowest BCUT2D eigenvalue weighted by atomic mass is 9.95. The van der Waals surface area contributed by atoms with Crippen molar-refractivity contribution in [3.63, 3.8) is 0 Å². The second-order valence-corrected chi connectivity index (χ2v) is 44.2. The Kier molecular flexibility index (Phi) is 31.4. The predicted molar refractivity (Wildman–Crippen MR) is 545 cm³/mol. The molecule has 0 saturated carbocycles. The van der Waals surface area contributed by atoms with Crippen molar-refractivity contribution in [3.05, 3.63) is 328 Å². The summed E-state index contributed by atoms with van der Waals surface area (Å²) < 4.78 is 236. The van der Waals surface area contributed by atoms with Crippen molar-refractivity contribution in [3.8, 4) is 28.7 Å². The number of rotatable bonds is 25. The first-order valence-corrected chi connectivity index (χ1v) is 55.2. The van der Waals surface area contributed by atoms with Gasteiger partial charge in [-0.25, -0.2) is 0 Å². The van der Waals surface area contributed by atoms with Gasteiger partial charge in [-0.15, -0.1) is 0 Å². The van der Waals surface area contributed by atoms with Crippen LogP contribution in [0.4, 0.5) is 0 Å². The van der Waals surface area contributed by atoms with Crippen LogP contribution >= 0.6 is 0 Å². The number of benzene rings is 14. The van der Waals surface area contributed by atoms with E-state index in [1.165, 1.54) is 48.5 Å². The Morgan fingerprint density at radius 3 is 1.19 bits per heavy atom. The summed E-state index contributed by atoms with van der Waals surface area (Å²) in [6, 6.07) is 77.3. The molecule has 143 heavy (non-hydrogen) atoms. The molecule has 6 unspecified atom stereocenters. The van der Waals surface area contributed by atoms with Gasteiger partial charge in [0.05, 0.1) is 46.2 Å². The van der Waals surface area contributed by atoms with E-state index in [1.54, 1.807) is 119 Å². The quantitative estimate of drug-likeness (QED) is 0.0396. The van der Waals surface area contributed by atoms with E-state index in [1.807, 2.05) is 176 Å². The van der Waals surface area contributed by atoms with E-state index in [2.05, 4.69) is 30.1 Å². The van der Waals surface area contributed by atoms with E-state index in [4.69, 9.17) is 49.7 Å². The largest absolute Gasteiger partial charge is 0.484 e. The molecule has 39 heteroatoms. The molecule has 32 nitrogen and oxygen atoms in total. The third-order valence-corrected chi connectivity index (χ3v) is 30.6. The molecule has 2 N–H and O–H groups in total. The summed E-state index contributed by atoms with van der Waals surface area (Å²) in [6.07, 6.45) is 0.544. The normalized spacial score (nSPS) is 17.7. The number of aliphatic hydroxyl groups is 1. The molecule has 19 rings (SSSR count). The molecule has 6 atom stereocenters. The van der Waals surface area contributed by atoms with Crippen LogP contribution in [0.1, 0.15) is 148 Å². The summed E-state index contributed by atoms with van der Waals surface area (Å²) in [5, 5.41) is 38.4. The fourth-order valence-corrected chi connectivity index (χ4v) is 21.5. The van der Waals surface area contributed by atoms with Gasteiger partial charge in [0.1, 0.15) is 113 Å². The molecule has 0 aromatic heterocycles. The molecule has 0 saturated heterocycles. The van der Waals surface area contributed by atoms with Crippen molar-refractivity contribution in [2.75, 3.05) is 5.75 Å². The lowest BCUT2D eigenvalue weighted by Gasteiger charge is -2.15. The zero-order valence-corrected chi connectivity index (χ0v) is 84.8.